The minimum Gasteiger partial charge on any atom is -0.450 e. The van der Waals surface area contributed by atoms with Crippen LogP contribution in [-0.4, -0.2) is 105 Å². The molecule has 256 valence electrons. The van der Waals surface area contributed by atoms with Crippen molar-refractivity contribution < 1.29 is 19.1 Å². The first-order valence-electron chi connectivity index (χ1n) is 17.3. The molecular formula is C36H51ClN6O4. The highest BCUT2D eigenvalue weighted by molar-refractivity contribution is 6.30. The monoisotopic (exact) mass is 666 g/mol. The standard InChI is InChI=1S/C36H51ClN6O4/c1-3-47-36(46)42-17-13-29(14-18-42)40-22-25(2)24-43-19-16-38-23-33(43)35(45)32(20-26-8-10-28(37)11-9-26)41-34(44)21-31-30-7-5-4-6-27(30)12-15-39-31/h4-11,25,29,31-33,38-40H,3,12-24H2,1-2H3,(H,41,44)/t25?,31-,32-,33?/m1/s1. The minimum atomic E-state index is -0.659. The summed E-state index contributed by atoms with van der Waals surface area (Å²) in [4.78, 5) is 44.0. The van der Waals surface area contributed by atoms with Gasteiger partial charge in [0.15, 0.2) is 5.78 Å². The van der Waals surface area contributed by atoms with E-state index < -0.39 is 6.04 Å². The molecule has 0 aliphatic carbocycles. The molecule has 0 bridgehead atoms. The topological polar surface area (TPSA) is 115 Å². The summed E-state index contributed by atoms with van der Waals surface area (Å²) in [6, 6.07) is 15.1. The molecule has 5 rings (SSSR count). The zero-order valence-electron chi connectivity index (χ0n) is 27.8. The molecule has 2 amide bonds. The van der Waals surface area contributed by atoms with Gasteiger partial charge in [0, 0.05) is 62.8 Å². The van der Waals surface area contributed by atoms with Crippen molar-refractivity contribution >= 4 is 29.4 Å². The molecule has 3 aliphatic rings. The van der Waals surface area contributed by atoms with Crippen molar-refractivity contribution in [2.24, 2.45) is 5.92 Å². The smallest absolute Gasteiger partial charge is 0.409 e. The van der Waals surface area contributed by atoms with E-state index >= 15 is 0 Å². The van der Waals surface area contributed by atoms with E-state index in [2.05, 4.69) is 45.2 Å². The number of likely N-dealkylation sites (tertiary alicyclic amines) is 1. The number of benzene rings is 2. The number of ether oxygens (including phenoxy) is 1. The third kappa shape index (κ3) is 9.99. The second kappa shape index (κ2) is 17.4. The van der Waals surface area contributed by atoms with Crippen molar-refractivity contribution in [3.05, 3.63) is 70.2 Å². The number of ketones is 1. The molecule has 10 nitrogen and oxygen atoms in total. The van der Waals surface area contributed by atoms with Gasteiger partial charge in [-0.2, -0.15) is 0 Å². The highest BCUT2D eigenvalue weighted by Gasteiger charge is 2.35. The number of halogens is 1. The van der Waals surface area contributed by atoms with Gasteiger partial charge in [-0.25, -0.2) is 4.79 Å². The molecule has 2 unspecified atom stereocenters. The molecule has 0 saturated carbocycles. The van der Waals surface area contributed by atoms with Crippen molar-refractivity contribution in [1.82, 2.24) is 31.1 Å². The second-order valence-corrected chi connectivity index (χ2v) is 13.6. The fourth-order valence-electron chi connectivity index (χ4n) is 7.08. The zero-order valence-corrected chi connectivity index (χ0v) is 28.6. The average Bonchev–Trinajstić information content (AvgIpc) is 3.08. The molecule has 4 N–H and O–H groups in total. The average molecular weight is 667 g/mol. The SMILES string of the molecule is CCOC(=O)N1CCC(NCC(C)CN2CCNCC2C(=O)[C@@H](Cc2ccc(Cl)cc2)NC(=O)C[C@H]2NCCc3ccccc32)CC1. The molecule has 2 saturated heterocycles. The maximum absolute atomic E-state index is 14.3. The number of nitrogens with zero attached hydrogens (tertiary/aromatic N) is 2. The summed E-state index contributed by atoms with van der Waals surface area (Å²) in [5.41, 5.74) is 3.38. The Hall–Kier alpha value is -3.02. The van der Waals surface area contributed by atoms with Gasteiger partial charge in [-0.15, -0.1) is 0 Å². The summed E-state index contributed by atoms with van der Waals surface area (Å²) in [5.74, 6) is 0.214. The molecule has 11 heteroatoms. The predicted octanol–water partition coefficient (Wildman–Crippen LogP) is 3.33. The number of piperidine rings is 1. The van der Waals surface area contributed by atoms with Gasteiger partial charge >= 0.3 is 6.09 Å². The first-order valence-corrected chi connectivity index (χ1v) is 17.7. The Morgan fingerprint density at radius 3 is 2.57 bits per heavy atom. The number of Topliss-reactive ketones (excluding diaryl/α,β-unsaturated/α-hetero) is 1. The van der Waals surface area contributed by atoms with Gasteiger partial charge in [-0.3, -0.25) is 14.5 Å². The quantitative estimate of drug-likeness (QED) is 0.258. The normalized spacial score (nSPS) is 21.8. The van der Waals surface area contributed by atoms with Crippen LogP contribution in [0.5, 0.6) is 0 Å². The number of hydrogen-bond donors (Lipinski definition) is 4. The van der Waals surface area contributed by atoms with Gasteiger partial charge in [0.2, 0.25) is 5.91 Å². The van der Waals surface area contributed by atoms with Crippen molar-refractivity contribution in [3.63, 3.8) is 0 Å². The Bertz CT molecular complexity index is 1340. The lowest BCUT2D eigenvalue weighted by atomic mass is 9.91. The first kappa shape index (κ1) is 35.3. The number of carbonyl (C=O) groups excluding carboxylic acids is 3. The summed E-state index contributed by atoms with van der Waals surface area (Å²) in [6.07, 6.45) is 3.19. The second-order valence-electron chi connectivity index (χ2n) is 13.2. The molecule has 47 heavy (non-hydrogen) atoms. The van der Waals surface area contributed by atoms with Gasteiger partial charge in [-0.05, 0) is 80.4 Å². The summed E-state index contributed by atoms with van der Waals surface area (Å²) in [5, 5.41) is 14.4. The Labute approximate surface area is 284 Å². The van der Waals surface area contributed by atoms with Crippen LogP contribution < -0.4 is 21.3 Å². The van der Waals surface area contributed by atoms with Gasteiger partial charge < -0.3 is 30.9 Å². The van der Waals surface area contributed by atoms with Crippen LogP contribution in [0.2, 0.25) is 5.02 Å². The van der Waals surface area contributed by atoms with Gasteiger partial charge in [0.1, 0.15) is 0 Å². The summed E-state index contributed by atoms with van der Waals surface area (Å²) in [6.45, 7) is 10.4. The summed E-state index contributed by atoms with van der Waals surface area (Å²) < 4.78 is 5.15. The van der Waals surface area contributed by atoms with E-state index in [9.17, 15) is 14.4 Å². The Kier molecular flexibility index (Phi) is 13.1. The number of carbonyl (C=O) groups is 3. The van der Waals surface area contributed by atoms with Gasteiger partial charge in [0.25, 0.3) is 0 Å². The molecule has 2 fully saturated rings. The lowest BCUT2D eigenvalue weighted by Crippen LogP contribution is -2.60. The largest absolute Gasteiger partial charge is 0.450 e. The molecule has 4 atom stereocenters. The fraction of sp³-hybridized carbons (Fsp3) is 0.583. The minimum absolute atomic E-state index is 0.0315. The summed E-state index contributed by atoms with van der Waals surface area (Å²) in [7, 11) is 0. The number of hydrogen-bond acceptors (Lipinski definition) is 8. The number of amides is 2. The van der Waals surface area contributed by atoms with Crippen molar-refractivity contribution in [2.45, 2.75) is 70.1 Å². The molecule has 2 aromatic rings. The van der Waals surface area contributed by atoms with E-state index in [0.29, 0.717) is 49.6 Å². The highest BCUT2D eigenvalue weighted by Crippen LogP contribution is 2.25. The zero-order chi connectivity index (χ0) is 33.2. The lowest BCUT2D eigenvalue weighted by molar-refractivity contribution is -0.131. The van der Waals surface area contributed by atoms with Crippen LogP contribution >= 0.6 is 11.6 Å². The van der Waals surface area contributed by atoms with Crippen molar-refractivity contribution in [1.29, 1.82) is 0 Å². The van der Waals surface area contributed by atoms with Crippen LogP contribution in [0.3, 0.4) is 0 Å². The molecule has 2 aromatic carbocycles. The Morgan fingerprint density at radius 2 is 1.81 bits per heavy atom. The van der Waals surface area contributed by atoms with Crippen LogP contribution in [0.1, 0.15) is 55.8 Å². The lowest BCUT2D eigenvalue weighted by Gasteiger charge is -2.39. The van der Waals surface area contributed by atoms with E-state index in [0.717, 1.165) is 63.1 Å². The van der Waals surface area contributed by atoms with E-state index in [-0.39, 0.29) is 36.3 Å². The maximum atomic E-state index is 14.3. The molecule has 0 spiro atoms. The summed E-state index contributed by atoms with van der Waals surface area (Å²) >= 11 is 6.16. The van der Waals surface area contributed by atoms with Crippen molar-refractivity contribution in [3.8, 4) is 0 Å². The molecule has 0 radical (unpaired) electrons. The first-order chi connectivity index (χ1) is 22.8. The number of piperazine rings is 1. The third-order valence-electron chi connectivity index (χ3n) is 9.64. The molecular weight excluding hydrogens is 616 g/mol. The van der Waals surface area contributed by atoms with E-state index in [1.165, 1.54) is 5.56 Å². The molecule has 0 aromatic heterocycles. The Morgan fingerprint density at radius 1 is 1.04 bits per heavy atom. The van der Waals surface area contributed by atoms with Crippen LogP contribution in [0.15, 0.2) is 48.5 Å². The van der Waals surface area contributed by atoms with Crippen LogP contribution in [0.4, 0.5) is 4.79 Å². The van der Waals surface area contributed by atoms with Gasteiger partial charge in [0.05, 0.1) is 18.7 Å². The fourth-order valence-corrected chi connectivity index (χ4v) is 7.21. The number of rotatable bonds is 13. The van der Waals surface area contributed by atoms with E-state index in [4.69, 9.17) is 16.3 Å². The van der Waals surface area contributed by atoms with Crippen molar-refractivity contribution in [2.75, 3.05) is 59.0 Å². The van der Waals surface area contributed by atoms with Crippen LogP contribution in [0.25, 0.3) is 0 Å². The van der Waals surface area contributed by atoms with Crippen LogP contribution in [-0.2, 0) is 27.2 Å². The predicted molar refractivity (Wildman–Crippen MR) is 185 cm³/mol. The van der Waals surface area contributed by atoms with E-state index in [1.807, 2.05) is 43.3 Å². The maximum Gasteiger partial charge on any atom is 0.409 e. The van der Waals surface area contributed by atoms with Crippen LogP contribution in [0, 0.1) is 5.92 Å². The van der Waals surface area contributed by atoms with E-state index in [1.54, 1.807) is 4.90 Å². The van der Waals surface area contributed by atoms with Gasteiger partial charge in [-0.1, -0.05) is 54.9 Å². The third-order valence-corrected chi connectivity index (χ3v) is 9.89. The highest BCUT2D eigenvalue weighted by atomic mass is 35.5. The Balaban J connectivity index is 1.20. The number of nitrogens with one attached hydrogen (secondary N) is 4. The number of fused-ring (bicyclic) bond motifs is 1. The molecule has 3 heterocycles. The molecule has 3 aliphatic heterocycles.